The first kappa shape index (κ1) is 17.7. The Morgan fingerprint density at radius 2 is 1.59 bits per heavy atom. The van der Waals surface area contributed by atoms with Gasteiger partial charge in [-0.15, -0.1) is 10.2 Å². The van der Waals surface area contributed by atoms with E-state index in [-0.39, 0.29) is 17.3 Å². The molecule has 0 saturated carbocycles. The number of hydrogen-bond donors (Lipinski definition) is 2. The number of nitrogens with zero attached hydrogens (tertiary/aromatic N) is 4. The quantitative estimate of drug-likeness (QED) is 0.222. The Morgan fingerprint density at radius 1 is 0.926 bits per heavy atom. The van der Waals surface area contributed by atoms with Crippen LogP contribution in [0, 0.1) is 10.1 Å². The van der Waals surface area contributed by atoms with Crippen molar-refractivity contribution in [1.82, 2.24) is 0 Å². The van der Waals surface area contributed by atoms with E-state index < -0.39 is 4.92 Å². The maximum Gasteiger partial charge on any atom is 0.269 e. The zero-order chi connectivity index (χ0) is 19.1. The van der Waals surface area contributed by atoms with Crippen LogP contribution in [0.5, 0.6) is 5.75 Å². The van der Waals surface area contributed by atoms with Crippen molar-refractivity contribution in [3.05, 3.63) is 94.5 Å². The number of azo groups is 1. The van der Waals surface area contributed by atoms with Crippen LogP contribution in [0.15, 0.2) is 94.2 Å². The highest BCUT2D eigenvalue weighted by molar-refractivity contribution is 5.99. The van der Waals surface area contributed by atoms with E-state index in [4.69, 9.17) is 0 Å². The van der Waals surface area contributed by atoms with Gasteiger partial charge in [0.2, 0.25) is 5.84 Å². The molecule has 0 bridgehead atoms. The van der Waals surface area contributed by atoms with Gasteiger partial charge in [0.25, 0.3) is 5.69 Å². The minimum atomic E-state index is -0.469. The fraction of sp³-hybridized carbons (Fsp3) is 0. The molecule has 0 unspecified atom stereocenters. The molecule has 27 heavy (non-hydrogen) atoms. The number of para-hydroxylation sites is 1. The Bertz CT molecular complexity index is 986. The van der Waals surface area contributed by atoms with E-state index in [0.717, 1.165) is 0 Å². The molecule has 0 fully saturated rings. The smallest absolute Gasteiger partial charge is 0.269 e. The Labute approximate surface area is 154 Å². The number of phenols is 1. The van der Waals surface area contributed by atoms with Gasteiger partial charge in [-0.2, -0.15) is 5.10 Å². The molecule has 0 spiro atoms. The summed E-state index contributed by atoms with van der Waals surface area (Å²) in [5, 5.41) is 32.9. The molecule has 2 N–H and O–H groups in total. The molecule has 8 heteroatoms. The molecule has 3 aromatic rings. The van der Waals surface area contributed by atoms with Crippen molar-refractivity contribution >= 4 is 22.9 Å². The predicted molar refractivity (Wildman–Crippen MR) is 102 cm³/mol. The Balaban J connectivity index is 1.87. The number of aromatic hydroxyl groups is 1. The molecule has 0 aliphatic rings. The fourth-order valence-electron chi connectivity index (χ4n) is 2.16. The van der Waals surface area contributed by atoms with Gasteiger partial charge in [0.15, 0.2) is 0 Å². The van der Waals surface area contributed by atoms with E-state index in [0.29, 0.717) is 16.9 Å². The minimum Gasteiger partial charge on any atom is -0.506 e. The van der Waals surface area contributed by atoms with Gasteiger partial charge < -0.3 is 5.11 Å². The number of anilines is 1. The van der Waals surface area contributed by atoms with Gasteiger partial charge in [0.05, 0.1) is 10.6 Å². The summed E-state index contributed by atoms with van der Waals surface area (Å²) in [6.45, 7) is 0. The number of benzene rings is 3. The van der Waals surface area contributed by atoms with Crippen molar-refractivity contribution in [2.45, 2.75) is 0 Å². The van der Waals surface area contributed by atoms with E-state index in [9.17, 15) is 15.2 Å². The molecule has 0 radical (unpaired) electrons. The van der Waals surface area contributed by atoms with Crippen LogP contribution in [-0.4, -0.2) is 15.9 Å². The first-order valence-corrected chi connectivity index (χ1v) is 7.97. The Morgan fingerprint density at radius 3 is 2.26 bits per heavy atom. The number of nitrogens with one attached hydrogen (secondary N) is 1. The molecular formula is C19H15N5O3. The summed E-state index contributed by atoms with van der Waals surface area (Å²) < 4.78 is 0. The van der Waals surface area contributed by atoms with Crippen LogP contribution in [-0.2, 0) is 0 Å². The first-order valence-electron chi connectivity index (χ1n) is 7.97. The molecule has 0 aliphatic heterocycles. The van der Waals surface area contributed by atoms with Crippen LogP contribution >= 0.6 is 0 Å². The molecule has 0 saturated heterocycles. The topological polar surface area (TPSA) is 112 Å². The monoisotopic (exact) mass is 361 g/mol. The number of hydrogen-bond acceptors (Lipinski definition) is 6. The molecule has 8 nitrogen and oxygen atoms in total. The van der Waals surface area contributed by atoms with Crippen LogP contribution in [0.3, 0.4) is 0 Å². The third-order valence-electron chi connectivity index (χ3n) is 3.54. The highest BCUT2D eigenvalue weighted by Gasteiger charge is 2.06. The zero-order valence-electron chi connectivity index (χ0n) is 14.1. The van der Waals surface area contributed by atoms with Crippen LogP contribution in [0.2, 0.25) is 0 Å². The van der Waals surface area contributed by atoms with E-state index in [1.54, 1.807) is 30.3 Å². The van der Waals surface area contributed by atoms with Gasteiger partial charge in [-0.1, -0.05) is 42.5 Å². The normalized spacial score (nSPS) is 11.5. The zero-order valence-corrected chi connectivity index (χ0v) is 14.1. The van der Waals surface area contributed by atoms with Crippen molar-refractivity contribution in [3.8, 4) is 5.75 Å². The number of non-ortho nitro benzene ring substituents is 1. The Kier molecular flexibility index (Phi) is 5.48. The van der Waals surface area contributed by atoms with Crippen LogP contribution < -0.4 is 5.43 Å². The molecule has 0 atom stereocenters. The van der Waals surface area contributed by atoms with Crippen molar-refractivity contribution in [2.75, 3.05) is 5.43 Å². The molecule has 0 aliphatic carbocycles. The van der Waals surface area contributed by atoms with Gasteiger partial charge >= 0.3 is 0 Å². The predicted octanol–water partition coefficient (Wildman–Crippen LogP) is 4.86. The number of amidine groups is 1. The molecular weight excluding hydrogens is 346 g/mol. The van der Waals surface area contributed by atoms with E-state index in [1.807, 2.05) is 30.3 Å². The lowest BCUT2D eigenvalue weighted by Gasteiger charge is -2.03. The molecule has 0 amide bonds. The van der Waals surface area contributed by atoms with Crippen LogP contribution in [0.1, 0.15) is 5.56 Å². The average molecular weight is 361 g/mol. The third-order valence-corrected chi connectivity index (χ3v) is 3.54. The SMILES string of the molecule is O=[N+]([O-])c1ccc(NN=C(N=Nc2ccccc2O)c2ccccc2)cc1. The highest BCUT2D eigenvalue weighted by atomic mass is 16.6. The van der Waals surface area contributed by atoms with Crippen molar-refractivity contribution < 1.29 is 10.0 Å². The van der Waals surface area contributed by atoms with Gasteiger partial charge in [0.1, 0.15) is 11.4 Å². The van der Waals surface area contributed by atoms with Crippen molar-refractivity contribution in [1.29, 1.82) is 0 Å². The minimum absolute atomic E-state index is 0.00736. The summed E-state index contributed by atoms with van der Waals surface area (Å²) in [5.41, 5.74) is 4.39. The van der Waals surface area contributed by atoms with E-state index >= 15 is 0 Å². The summed E-state index contributed by atoms with van der Waals surface area (Å²) in [6, 6.07) is 21.6. The van der Waals surface area contributed by atoms with Crippen LogP contribution in [0.25, 0.3) is 0 Å². The summed E-state index contributed by atoms with van der Waals surface area (Å²) in [7, 11) is 0. The van der Waals surface area contributed by atoms with E-state index in [1.165, 1.54) is 18.2 Å². The second-order valence-corrected chi connectivity index (χ2v) is 5.41. The number of phenolic OH excluding ortho intramolecular Hbond substituents is 1. The Hall–Kier alpha value is -4.07. The lowest BCUT2D eigenvalue weighted by atomic mass is 10.2. The summed E-state index contributed by atoms with van der Waals surface area (Å²) in [5.74, 6) is 0.300. The average Bonchev–Trinajstić information content (AvgIpc) is 2.70. The van der Waals surface area contributed by atoms with Crippen LogP contribution in [0.4, 0.5) is 17.1 Å². The fourth-order valence-corrected chi connectivity index (χ4v) is 2.16. The second-order valence-electron chi connectivity index (χ2n) is 5.41. The van der Waals surface area contributed by atoms with Gasteiger partial charge in [-0.3, -0.25) is 15.5 Å². The highest BCUT2D eigenvalue weighted by Crippen LogP contribution is 2.25. The number of nitro benzene ring substituents is 1. The number of nitro groups is 1. The number of hydrazone groups is 1. The van der Waals surface area contributed by atoms with Crippen molar-refractivity contribution in [3.63, 3.8) is 0 Å². The standard InChI is InChI=1S/C19H15N5O3/c25-18-9-5-4-8-17(18)21-23-19(14-6-2-1-3-7-14)22-20-15-10-12-16(13-11-15)24(26)27/h1-13,20,25H. The largest absolute Gasteiger partial charge is 0.506 e. The van der Waals surface area contributed by atoms with Gasteiger partial charge in [-0.25, -0.2) is 0 Å². The first-order chi connectivity index (χ1) is 13.1. The van der Waals surface area contributed by atoms with Gasteiger partial charge in [0, 0.05) is 17.7 Å². The van der Waals surface area contributed by atoms with E-state index in [2.05, 4.69) is 20.8 Å². The summed E-state index contributed by atoms with van der Waals surface area (Å²) in [6.07, 6.45) is 0. The second kappa shape index (κ2) is 8.34. The molecule has 3 aromatic carbocycles. The maximum absolute atomic E-state index is 10.7. The molecule has 3 rings (SSSR count). The maximum atomic E-state index is 10.7. The lowest BCUT2D eigenvalue weighted by molar-refractivity contribution is -0.384. The van der Waals surface area contributed by atoms with Gasteiger partial charge in [-0.05, 0) is 24.3 Å². The summed E-state index contributed by atoms with van der Waals surface area (Å²) in [4.78, 5) is 10.3. The third kappa shape index (κ3) is 4.73. The van der Waals surface area contributed by atoms with Crippen molar-refractivity contribution in [2.24, 2.45) is 15.3 Å². The summed E-state index contributed by atoms with van der Waals surface area (Å²) >= 11 is 0. The molecule has 134 valence electrons. The number of rotatable bonds is 5. The molecule has 0 aromatic heterocycles. The molecule has 0 heterocycles. The lowest BCUT2D eigenvalue weighted by Crippen LogP contribution is -2.01.